The molecule has 1 aromatic carbocycles. The number of carboxylic acids is 1. The van der Waals surface area contributed by atoms with Crippen LogP contribution < -0.4 is 0 Å². The molecular weight excluding hydrogens is 272 g/mol. The van der Waals surface area contributed by atoms with E-state index < -0.39 is 12.1 Å². The summed E-state index contributed by atoms with van der Waals surface area (Å²) in [6.07, 6.45) is 1.08. The number of aliphatic hydroxyl groups excluding tert-OH is 1. The zero-order valence-corrected chi connectivity index (χ0v) is 12.2. The molecule has 0 fully saturated rings. The number of aryl methyl sites for hydroxylation is 1. The molecule has 0 aliphatic carbocycles. The fourth-order valence-corrected chi connectivity index (χ4v) is 2.39. The molecule has 0 saturated carbocycles. The van der Waals surface area contributed by atoms with Gasteiger partial charge >= 0.3 is 5.97 Å². The first-order chi connectivity index (χ1) is 10.1. The van der Waals surface area contributed by atoms with Gasteiger partial charge in [-0.2, -0.15) is 0 Å². The number of benzene rings is 1. The summed E-state index contributed by atoms with van der Waals surface area (Å²) in [5.41, 5.74) is 1.69. The summed E-state index contributed by atoms with van der Waals surface area (Å²) in [5.74, 6) is -0.117. The van der Waals surface area contributed by atoms with Crippen molar-refractivity contribution in [1.29, 1.82) is 0 Å². The van der Waals surface area contributed by atoms with Crippen molar-refractivity contribution in [3.8, 4) is 0 Å². The maximum atomic E-state index is 11.0. The summed E-state index contributed by atoms with van der Waals surface area (Å²) in [6, 6.07) is 4.86. The van der Waals surface area contributed by atoms with Crippen molar-refractivity contribution in [2.75, 3.05) is 13.7 Å². The van der Waals surface area contributed by atoms with E-state index in [1.54, 1.807) is 25.3 Å². The number of nitrogens with zero attached hydrogens (tertiary/aromatic N) is 2. The first kappa shape index (κ1) is 15.5. The Bertz CT molecular complexity index is 636. The van der Waals surface area contributed by atoms with Crippen molar-refractivity contribution in [1.82, 2.24) is 9.55 Å². The Balaban J connectivity index is 2.44. The van der Waals surface area contributed by atoms with E-state index in [2.05, 4.69) is 11.9 Å². The van der Waals surface area contributed by atoms with Gasteiger partial charge in [-0.25, -0.2) is 9.78 Å². The zero-order chi connectivity index (χ0) is 15.4. The highest BCUT2D eigenvalue weighted by Crippen LogP contribution is 2.20. The third-order valence-electron chi connectivity index (χ3n) is 3.30. The van der Waals surface area contributed by atoms with Crippen LogP contribution in [0.4, 0.5) is 0 Å². The van der Waals surface area contributed by atoms with E-state index in [0.717, 1.165) is 24.2 Å². The normalized spacial score (nSPS) is 12.7. The number of aliphatic hydroxyl groups is 1. The number of methoxy groups -OCH3 is 1. The summed E-state index contributed by atoms with van der Waals surface area (Å²) in [4.78, 5) is 15.5. The molecule has 2 rings (SSSR count). The van der Waals surface area contributed by atoms with E-state index in [1.165, 1.54) is 0 Å². The maximum Gasteiger partial charge on any atom is 0.335 e. The Labute approximate surface area is 123 Å². The number of ether oxygens (including phenoxy) is 1. The highest BCUT2D eigenvalue weighted by atomic mass is 16.5. The van der Waals surface area contributed by atoms with Gasteiger partial charge in [0.1, 0.15) is 5.82 Å². The molecule has 0 amide bonds. The van der Waals surface area contributed by atoms with Crippen molar-refractivity contribution in [3.05, 3.63) is 29.6 Å². The van der Waals surface area contributed by atoms with Crippen LogP contribution in [0, 0.1) is 0 Å². The van der Waals surface area contributed by atoms with Gasteiger partial charge < -0.3 is 19.5 Å². The number of rotatable bonds is 7. The molecule has 0 spiro atoms. The molecule has 0 aliphatic rings. The molecule has 0 aliphatic heterocycles. The third-order valence-corrected chi connectivity index (χ3v) is 3.30. The van der Waals surface area contributed by atoms with Crippen LogP contribution in [0.1, 0.15) is 29.5 Å². The Hall–Kier alpha value is -1.92. The Morgan fingerprint density at radius 3 is 2.86 bits per heavy atom. The number of aromatic nitrogens is 2. The summed E-state index contributed by atoms with van der Waals surface area (Å²) >= 11 is 0. The second kappa shape index (κ2) is 6.69. The number of hydrogen-bond acceptors (Lipinski definition) is 4. The summed E-state index contributed by atoms with van der Waals surface area (Å²) in [6.45, 7) is 2.68. The topological polar surface area (TPSA) is 84.6 Å². The number of fused-ring (bicyclic) bond motifs is 1. The van der Waals surface area contributed by atoms with Crippen molar-refractivity contribution >= 4 is 17.0 Å². The molecule has 1 heterocycles. The second-order valence-corrected chi connectivity index (χ2v) is 5.01. The lowest BCUT2D eigenvalue weighted by Crippen LogP contribution is -2.22. The number of hydrogen-bond donors (Lipinski definition) is 2. The maximum absolute atomic E-state index is 11.0. The minimum Gasteiger partial charge on any atom is -0.478 e. The van der Waals surface area contributed by atoms with E-state index in [1.807, 2.05) is 4.57 Å². The van der Waals surface area contributed by atoms with Gasteiger partial charge in [-0.1, -0.05) is 6.92 Å². The van der Waals surface area contributed by atoms with Crippen LogP contribution in [-0.4, -0.2) is 45.6 Å². The molecule has 21 heavy (non-hydrogen) atoms. The molecule has 6 heteroatoms. The average Bonchev–Trinajstić information content (AvgIpc) is 2.76. The fraction of sp³-hybridized carbons (Fsp3) is 0.467. The van der Waals surface area contributed by atoms with E-state index in [-0.39, 0.29) is 12.2 Å². The lowest BCUT2D eigenvalue weighted by Gasteiger charge is -2.13. The zero-order valence-electron chi connectivity index (χ0n) is 12.2. The Kier molecular flexibility index (Phi) is 4.93. The van der Waals surface area contributed by atoms with E-state index >= 15 is 0 Å². The molecule has 1 aromatic heterocycles. The van der Waals surface area contributed by atoms with Crippen molar-refractivity contribution in [2.24, 2.45) is 0 Å². The SMILES string of the molecule is CCCc1nc2cc(C(=O)O)ccc2n1CC(O)COC. The van der Waals surface area contributed by atoms with E-state index in [0.29, 0.717) is 12.1 Å². The molecule has 6 nitrogen and oxygen atoms in total. The number of carboxylic acid groups (broad SMARTS) is 1. The minimum absolute atomic E-state index is 0.215. The monoisotopic (exact) mass is 292 g/mol. The summed E-state index contributed by atoms with van der Waals surface area (Å²) in [7, 11) is 1.54. The van der Waals surface area contributed by atoms with Gasteiger partial charge in [0.2, 0.25) is 0 Å². The molecule has 0 radical (unpaired) electrons. The standard InChI is InChI=1S/C15H20N2O4/c1-3-4-14-16-12-7-10(15(19)20)5-6-13(12)17(14)8-11(18)9-21-2/h5-7,11,18H,3-4,8-9H2,1-2H3,(H,19,20). The van der Waals surface area contributed by atoms with Gasteiger partial charge in [0.15, 0.2) is 0 Å². The van der Waals surface area contributed by atoms with E-state index in [9.17, 15) is 9.90 Å². The van der Waals surface area contributed by atoms with Gasteiger partial charge in [0, 0.05) is 13.5 Å². The highest BCUT2D eigenvalue weighted by molar-refractivity contribution is 5.92. The quantitative estimate of drug-likeness (QED) is 0.811. The van der Waals surface area contributed by atoms with Crippen LogP contribution in [0.15, 0.2) is 18.2 Å². The van der Waals surface area contributed by atoms with Crippen LogP contribution in [0.3, 0.4) is 0 Å². The third kappa shape index (κ3) is 3.40. The second-order valence-electron chi connectivity index (χ2n) is 5.01. The van der Waals surface area contributed by atoms with Crippen LogP contribution in [0.2, 0.25) is 0 Å². The lowest BCUT2D eigenvalue weighted by atomic mass is 10.2. The molecule has 0 bridgehead atoms. The summed E-state index contributed by atoms with van der Waals surface area (Å²) < 4.78 is 6.89. The van der Waals surface area contributed by atoms with Crippen molar-refractivity contribution in [2.45, 2.75) is 32.4 Å². The lowest BCUT2D eigenvalue weighted by molar-refractivity contribution is 0.0538. The smallest absolute Gasteiger partial charge is 0.335 e. The molecule has 1 atom stereocenters. The average molecular weight is 292 g/mol. The molecule has 1 unspecified atom stereocenters. The van der Waals surface area contributed by atoms with Crippen LogP contribution in [0.25, 0.3) is 11.0 Å². The van der Waals surface area contributed by atoms with Gasteiger partial charge in [-0.15, -0.1) is 0 Å². The molecule has 2 N–H and O–H groups in total. The highest BCUT2D eigenvalue weighted by Gasteiger charge is 2.15. The predicted molar refractivity (Wildman–Crippen MR) is 78.6 cm³/mol. The predicted octanol–water partition coefficient (Wildman–Crippen LogP) is 1.69. The van der Waals surface area contributed by atoms with Gasteiger partial charge in [0.05, 0.1) is 35.9 Å². The van der Waals surface area contributed by atoms with Crippen LogP contribution in [-0.2, 0) is 17.7 Å². The number of aromatic carboxylic acids is 1. The first-order valence-corrected chi connectivity index (χ1v) is 6.96. The number of imidazole rings is 1. The van der Waals surface area contributed by atoms with Crippen LogP contribution >= 0.6 is 0 Å². The Morgan fingerprint density at radius 1 is 1.48 bits per heavy atom. The van der Waals surface area contributed by atoms with Gasteiger partial charge in [0.25, 0.3) is 0 Å². The molecule has 2 aromatic rings. The van der Waals surface area contributed by atoms with Crippen molar-refractivity contribution in [3.63, 3.8) is 0 Å². The van der Waals surface area contributed by atoms with Gasteiger partial charge in [-0.05, 0) is 24.6 Å². The Morgan fingerprint density at radius 2 is 2.24 bits per heavy atom. The van der Waals surface area contributed by atoms with Crippen molar-refractivity contribution < 1.29 is 19.7 Å². The summed E-state index contributed by atoms with van der Waals surface area (Å²) in [5, 5.41) is 19.0. The fourth-order valence-electron chi connectivity index (χ4n) is 2.39. The van der Waals surface area contributed by atoms with Crippen LogP contribution in [0.5, 0.6) is 0 Å². The van der Waals surface area contributed by atoms with Gasteiger partial charge in [-0.3, -0.25) is 0 Å². The largest absolute Gasteiger partial charge is 0.478 e. The molecule has 114 valence electrons. The molecular formula is C15H20N2O4. The minimum atomic E-state index is -0.970. The molecule has 0 saturated heterocycles. The van der Waals surface area contributed by atoms with E-state index in [4.69, 9.17) is 9.84 Å². The first-order valence-electron chi connectivity index (χ1n) is 6.96. The number of carbonyl (C=O) groups is 1.